The van der Waals surface area contributed by atoms with Gasteiger partial charge < -0.3 is 0 Å². The molecular formula is C26H48Si2. The maximum absolute atomic E-state index is 2.55. The Morgan fingerprint density at radius 1 is 0.429 bits per heavy atom. The molecule has 0 radical (unpaired) electrons. The molecule has 1 aliphatic rings. The highest BCUT2D eigenvalue weighted by atomic mass is 28.3. The van der Waals surface area contributed by atoms with Crippen molar-refractivity contribution in [2.24, 2.45) is 0 Å². The molecule has 0 atom stereocenters. The van der Waals surface area contributed by atoms with Crippen LogP contribution in [0.15, 0.2) is 46.8 Å². The van der Waals surface area contributed by atoms with E-state index in [-0.39, 0.29) is 0 Å². The number of hydrogen-bond acceptors (Lipinski definition) is 0. The zero-order chi connectivity index (χ0) is 21.9. The van der Waals surface area contributed by atoms with Crippen molar-refractivity contribution >= 4 is 16.1 Å². The third-order valence-corrected chi connectivity index (χ3v) is 22.0. The monoisotopic (exact) mass is 416 g/mol. The molecule has 0 aromatic carbocycles. The van der Waals surface area contributed by atoms with Gasteiger partial charge in [-0.2, -0.15) is 0 Å². The van der Waals surface area contributed by atoms with Crippen molar-refractivity contribution in [3.63, 3.8) is 0 Å². The van der Waals surface area contributed by atoms with E-state index in [4.69, 9.17) is 0 Å². The van der Waals surface area contributed by atoms with Gasteiger partial charge in [0.15, 0.2) is 0 Å². The van der Waals surface area contributed by atoms with E-state index >= 15 is 0 Å². The summed E-state index contributed by atoms with van der Waals surface area (Å²) in [5.41, 5.74) is 4.45. The molecule has 0 bridgehead atoms. The third-order valence-electron chi connectivity index (χ3n) is 7.84. The first-order valence-electron chi connectivity index (χ1n) is 11.6. The summed E-state index contributed by atoms with van der Waals surface area (Å²) in [5.74, 6) is 0. The normalized spacial score (nSPS) is 19.5. The third kappa shape index (κ3) is 4.28. The second-order valence-corrected chi connectivity index (χ2v) is 22.6. The summed E-state index contributed by atoms with van der Waals surface area (Å²) in [7, 11) is -3.28. The van der Waals surface area contributed by atoms with Crippen molar-refractivity contribution in [3.8, 4) is 0 Å². The first kappa shape index (κ1) is 25.4. The molecule has 160 valence electrons. The molecule has 0 heterocycles. The van der Waals surface area contributed by atoms with Crippen LogP contribution in [-0.2, 0) is 0 Å². The Morgan fingerprint density at radius 3 is 0.821 bits per heavy atom. The lowest BCUT2D eigenvalue weighted by Gasteiger charge is -2.46. The molecule has 0 aromatic heterocycles. The minimum Gasteiger partial charge on any atom is -0.0648 e. The highest BCUT2D eigenvalue weighted by Crippen LogP contribution is 2.49. The summed E-state index contributed by atoms with van der Waals surface area (Å²) in [6.07, 6.45) is 14.6. The highest BCUT2D eigenvalue weighted by molar-refractivity contribution is 6.91. The number of allylic oxidation sites excluding steroid dienone is 8. The standard InChI is InChI=1S/C26H48Si2/c1-19(2)27(20(3)4,21(5)6)25-15-13-14-16-26(18-17-25)28(22(7)8,23(9)10)24(11)12/h13-24H,1-12H3/b14-13?,15-13-,16-14?,18-17?,25-15?,25-17+,26-16?,26-18?. The summed E-state index contributed by atoms with van der Waals surface area (Å²) in [5, 5.41) is 3.29. The van der Waals surface area contributed by atoms with Gasteiger partial charge in [0.25, 0.3) is 0 Å². The van der Waals surface area contributed by atoms with Gasteiger partial charge in [-0.3, -0.25) is 0 Å². The zero-order valence-corrected chi connectivity index (χ0v) is 22.9. The fourth-order valence-electron chi connectivity index (χ4n) is 7.19. The first-order chi connectivity index (χ1) is 12.9. The van der Waals surface area contributed by atoms with Gasteiger partial charge in [0.1, 0.15) is 0 Å². The van der Waals surface area contributed by atoms with Crippen LogP contribution in [0.3, 0.4) is 0 Å². The number of rotatable bonds is 8. The smallest absolute Gasteiger partial charge is 0.0648 e. The molecule has 0 aliphatic heterocycles. The van der Waals surface area contributed by atoms with E-state index in [9.17, 15) is 0 Å². The molecule has 1 aliphatic carbocycles. The van der Waals surface area contributed by atoms with Crippen molar-refractivity contribution in [2.45, 2.75) is 116 Å². The van der Waals surface area contributed by atoms with Crippen molar-refractivity contribution in [2.75, 3.05) is 0 Å². The van der Waals surface area contributed by atoms with Crippen LogP contribution in [0.4, 0.5) is 0 Å². The lowest BCUT2D eigenvalue weighted by atomic mass is 10.3. The van der Waals surface area contributed by atoms with Gasteiger partial charge in [0, 0.05) is 0 Å². The SMILES string of the molecule is CC(C)[Si](C1=C/C=C([Si](C(C)C)(C(C)C)C(C)C)\C=C/C=C1)(C(C)C)C(C)C. The van der Waals surface area contributed by atoms with E-state index in [0.29, 0.717) is 0 Å². The van der Waals surface area contributed by atoms with Gasteiger partial charge in [-0.1, -0.05) is 130 Å². The lowest BCUT2D eigenvalue weighted by Crippen LogP contribution is -2.47. The fourth-order valence-corrected chi connectivity index (χ4v) is 20.7. The van der Waals surface area contributed by atoms with Crippen molar-refractivity contribution in [3.05, 3.63) is 46.8 Å². The van der Waals surface area contributed by atoms with Gasteiger partial charge in [0.05, 0.1) is 16.1 Å². The van der Waals surface area contributed by atoms with Crippen molar-refractivity contribution in [1.82, 2.24) is 0 Å². The maximum Gasteiger partial charge on any atom is 0.0942 e. The van der Waals surface area contributed by atoms with Crippen LogP contribution < -0.4 is 0 Å². The number of hydrogen-bond donors (Lipinski definition) is 0. The van der Waals surface area contributed by atoms with Gasteiger partial charge >= 0.3 is 0 Å². The molecule has 0 nitrogen and oxygen atoms in total. The lowest BCUT2D eigenvalue weighted by molar-refractivity contribution is 0.825. The average Bonchev–Trinajstić information content (AvgIpc) is 2.50. The van der Waals surface area contributed by atoms with Crippen molar-refractivity contribution < 1.29 is 0 Å². The van der Waals surface area contributed by atoms with Crippen LogP contribution in [0.1, 0.15) is 83.1 Å². The second-order valence-electron chi connectivity index (χ2n) is 10.8. The van der Waals surface area contributed by atoms with Crippen LogP contribution in [0.2, 0.25) is 33.2 Å². The molecule has 0 fully saturated rings. The first-order valence-corrected chi connectivity index (χ1v) is 16.1. The predicted molar refractivity (Wildman–Crippen MR) is 137 cm³/mol. The van der Waals surface area contributed by atoms with E-state index in [1.807, 2.05) is 0 Å². The minimum absolute atomic E-state index is 0.742. The van der Waals surface area contributed by atoms with E-state index in [1.54, 1.807) is 10.4 Å². The van der Waals surface area contributed by atoms with E-state index in [0.717, 1.165) is 33.2 Å². The van der Waals surface area contributed by atoms with Crippen LogP contribution in [0, 0.1) is 0 Å². The maximum atomic E-state index is 2.55. The Morgan fingerprint density at radius 2 is 0.643 bits per heavy atom. The van der Waals surface area contributed by atoms with Crippen LogP contribution in [0.5, 0.6) is 0 Å². The minimum atomic E-state index is -1.64. The van der Waals surface area contributed by atoms with Gasteiger partial charge in [-0.15, -0.1) is 0 Å². The summed E-state index contributed by atoms with van der Waals surface area (Å²) in [6.45, 7) is 29.6. The summed E-state index contributed by atoms with van der Waals surface area (Å²) < 4.78 is 0. The molecule has 1 rings (SSSR count). The Labute approximate surface area is 179 Å². The van der Waals surface area contributed by atoms with E-state index < -0.39 is 16.1 Å². The molecule has 0 amide bonds. The quantitative estimate of drug-likeness (QED) is 0.345. The predicted octanol–water partition coefficient (Wildman–Crippen LogP) is 9.40. The van der Waals surface area contributed by atoms with Gasteiger partial charge in [-0.05, 0) is 33.2 Å². The average molecular weight is 417 g/mol. The van der Waals surface area contributed by atoms with Gasteiger partial charge in [0.2, 0.25) is 0 Å². The second kappa shape index (κ2) is 9.93. The molecule has 28 heavy (non-hydrogen) atoms. The Balaban J connectivity index is 3.74. The zero-order valence-electron chi connectivity index (χ0n) is 20.9. The molecule has 0 spiro atoms. The Hall–Kier alpha value is -0.606. The molecule has 2 heteroatoms. The molecule has 0 N–H and O–H groups in total. The molecule has 0 saturated heterocycles. The molecule has 0 unspecified atom stereocenters. The summed E-state index contributed by atoms with van der Waals surface area (Å²) in [4.78, 5) is 0. The van der Waals surface area contributed by atoms with E-state index in [1.165, 1.54) is 0 Å². The topological polar surface area (TPSA) is 0 Å². The summed E-state index contributed by atoms with van der Waals surface area (Å²) in [6, 6.07) is 0. The molecule has 0 aromatic rings. The largest absolute Gasteiger partial charge is 0.0942 e. The molecular weight excluding hydrogens is 368 g/mol. The van der Waals surface area contributed by atoms with Gasteiger partial charge in [-0.25, -0.2) is 0 Å². The Bertz CT molecular complexity index is 525. The fraction of sp³-hybridized carbons (Fsp3) is 0.692. The van der Waals surface area contributed by atoms with E-state index in [2.05, 4.69) is 120 Å². The Kier molecular flexibility index (Phi) is 9.02. The van der Waals surface area contributed by atoms with Crippen molar-refractivity contribution in [1.29, 1.82) is 0 Å². The van der Waals surface area contributed by atoms with Crippen LogP contribution >= 0.6 is 0 Å². The molecule has 0 saturated carbocycles. The van der Waals surface area contributed by atoms with Crippen LogP contribution in [0.25, 0.3) is 0 Å². The van der Waals surface area contributed by atoms with Crippen LogP contribution in [-0.4, -0.2) is 16.1 Å². The highest BCUT2D eigenvalue weighted by Gasteiger charge is 2.46. The summed E-state index contributed by atoms with van der Waals surface area (Å²) >= 11 is 0.